The molecule has 0 radical (unpaired) electrons. The van der Waals surface area contributed by atoms with E-state index in [-0.39, 0.29) is 5.84 Å². The summed E-state index contributed by atoms with van der Waals surface area (Å²) in [4.78, 5) is 12.3. The lowest BCUT2D eigenvalue weighted by Crippen LogP contribution is -2.13. The molecule has 0 unspecified atom stereocenters. The predicted octanol–water partition coefficient (Wildman–Crippen LogP) is 0.645. The molecular formula is C9H10N6S. The Morgan fingerprint density at radius 1 is 1.38 bits per heavy atom. The smallest absolute Gasteiger partial charge is 0.174 e. The van der Waals surface area contributed by atoms with Gasteiger partial charge in [-0.15, -0.1) is 0 Å². The van der Waals surface area contributed by atoms with Crippen molar-refractivity contribution in [2.75, 3.05) is 0 Å². The molecule has 0 atom stereocenters. The Bertz CT molecular complexity index is 503. The fourth-order valence-corrected chi connectivity index (χ4v) is 1.77. The molecular weight excluding hydrogens is 224 g/mol. The first-order chi connectivity index (χ1) is 7.66. The van der Waals surface area contributed by atoms with E-state index in [1.54, 1.807) is 12.4 Å². The summed E-state index contributed by atoms with van der Waals surface area (Å²) in [7, 11) is 1.91. The van der Waals surface area contributed by atoms with Crippen molar-refractivity contribution in [3.05, 3.63) is 30.5 Å². The number of nitrogens with two attached hydrogens (primary N) is 1. The number of nitrogens with zero attached hydrogens (tertiary/aromatic N) is 4. The van der Waals surface area contributed by atoms with Crippen LogP contribution in [0.25, 0.3) is 0 Å². The van der Waals surface area contributed by atoms with Gasteiger partial charge in [0, 0.05) is 19.4 Å². The molecule has 16 heavy (non-hydrogen) atoms. The Kier molecular flexibility index (Phi) is 2.86. The van der Waals surface area contributed by atoms with Gasteiger partial charge < -0.3 is 10.3 Å². The Morgan fingerprint density at radius 3 is 2.69 bits per heavy atom. The van der Waals surface area contributed by atoms with Gasteiger partial charge in [-0.1, -0.05) is 0 Å². The van der Waals surface area contributed by atoms with Gasteiger partial charge in [-0.05, 0) is 11.8 Å². The van der Waals surface area contributed by atoms with Crippen LogP contribution in [0.4, 0.5) is 0 Å². The Morgan fingerprint density at radius 2 is 2.19 bits per heavy atom. The highest BCUT2D eigenvalue weighted by atomic mass is 32.2. The molecule has 0 aliphatic carbocycles. The third-order valence-electron chi connectivity index (χ3n) is 1.88. The standard InChI is InChI=1S/C9H10N6S/c1-15-3-2-12-9(15)16-7-5-13-6(4-14-7)8(10)11/h2-5H,1H3,(H3,10,11). The van der Waals surface area contributed by atoms with Crippen LogP contribution in [0, 0.1) is 5.41 Å². The number of amidine groups is 1. The Balaban J connectivity index is 2.17. The van der Waals surface area contributed by atoms with Crippen LogP contribution < -0.4 is 5.73 Å². The van der Waals surface area contributed by atoms with Crippen LogP contribution in [-0.2, 0) is 7.05 Å². The molecule has 0 amide bonds. The van der Waals surface area contributed by atoms with E-state index in [1.165, 1.54) is 18.0 Å². The Labute approximate surface area is 96.4 Å². The van der Waals surface area contributed by atoms with Crippen molar-refractivity contribution in [1.82, 2.24) is 19.5 Å². The van der Waals surface area contributed by atoms with Crippen molar-refractivity contribution < 1.29 is 0 Å². The minimum atomic E-state index is -0.0824. The third kappa shape index (κ3) is 2.19. The van der Waals surface area contributed by atoms with Crippen molar-refractivity contribution in [3.63, 3.8) is 0 Å². The van der Waals surface area contributed by atoms with E-state index in [1.807, 2.05) is 17.8 Å². The van der Waals surface area contributed by atoms with Crippen LogP contribution in [0.1, 0.15) is 5.69 Å². The van der Waals surface area contributed by atoms with Gasteiger partial charge in [0.1, 0.15) is 16.6 Å². The summed E-state index contributed by atoms with van der Waals surface area (Å²) in [6.45, 7) is 0. The van der Waals surface area contributed by atoms with Crippen LogP contribution in [0.3, 0.4) is 0 Å². The summed E-state index contributed by atoms with van der Waals surface area (Å²) in [6.07, 6.45) is 6.64. The van der Waals surface area contributed by atoms with Crippen molar-refractivity contribution in [3.8, 4) is 0 Å². The summed E-state index contributed by atoms with van der Waals surface area (Å²) in [5.41, 5.74) is 5.66. The van der Waals surface area contributed by atoms with Crippen molar-refractivity contribution in [2.45, 2.75) is 10.2 Å². The van der Waals surface area contributed by atoms with E-state index in [0.29, 0.717) is 5.69 Å². The molecule has 3 N–H and O–H groups in total. The summed E-state index contributed by atoms with van der Waals surface area (Å²) < 4.78 is 1.89. The lowest BCUT2D eigenvalue weighted by molar-refractivity contribution is 0.788. The van der Waals surface area contributed by atoms with E-state index in [2.05, 4.69) is 15.0 Å². The maximum absolute atomic E-state index is 7.19. The van der Waals surface area contributed by atoms with Gasteiger partial charge in [0.25, 0.3) is 0 Å². The van der Waals surface area contributed by atoms with Crippen LogP contribution in [0.15, 0.2) is 35.0 Å². The molecule has 0 spiro atoms. The van der Waals surface area contributed by atoms with E-state index >= 15 is 0 Å². The highest BCUT2D eigenvalue weighted by molar-refractivity contribution is 7.99. The lowest BCUT2D eigenvalue weighted by Gasteiger charge is -2.01. The maximum atomic E-state index is 7.19. The second-order valence-electron chi connectivity index (χ2n) is 3.08. The molecule has 2 heterocycles. The zero-order valence-electron chi connectivity index (χ0n) is 8.58. The molecule has 2 rings (SSSR count). The molecule has 2 aromatic rings. The summed E-state index contributed by atoms with van der Waals surface area (Å²) in [5.74, 6) is -0.0824. The van der Waals surface area contributed by atoms with Crippen LogP contribution in [0.5, 0.6) is 0 Å². The fourth-order valence-electron chi connectivity index (χ4n) is 1.05. The molecule has 0 aliphatic heterocycles. The van der Waals surface area contributed by atoms with Crippen LogP contribution in [0.2, 0.25) is 0 Å². The summed E-state index contributed by atoms with van der Waals surface area (Å²) >= 11 is 1.41. The van der Waals surface area contributed by atoms with Gasteiger partial charge in [-0.2, -0.15) is 0 Å². The lowest BCUT2D eigenvalue weighted by atomic mass is 10.4. The zero-order valence-corrected chi connectivity index (χ0v) is 9.40. The number of rotatable bonds is 3. The van der Waals surface area contributed by atoms with Gasteiger partial charge >= 0.3 is 0 Å². The normalized spacial score (nSPS) is 10.3. The summed E-state index contributed by atoms with van der Waals surface area (Å²) in [5, 5.41) is 8.75. The highest BCUT2D eigenvalue weighted by Gasteiger charge is 2.05. The largest absolute Gasteiger partial charge is 0.382 e. The SMILES string of the molecule is Cn1ccnc1Sc1cnc(C(=N)N)cn1. The molecule has 7 heteroatoms. The van der Waals surface area contributed by atoms with Crippen LogP contribution in [-0.4, -0.2) is 25.4 Å². The second kappa shape index (κ2) is 4.31. The number of nitrogen functional groups attached to an aromatic ring is 1. The van der Waals surface area contributed by atoms with Gasteiger partial charge in [-0.3, -0.25) is 5.41 Å². The minimum Gasteiger partial charge on any atom is -0.382 e. The zero-order chi connectivity index (χ0) is 11.5. The number of aryl methyl sites for hydroxylation is 1. The summed E-state index contributed by atoms with van der Waals surface area (Å²) in [6, 6.07) is 0. The van der Waals surface area contributed by atoms with Gasteiger partial charge in [0.2, 0.25) is 0 Å². The van der Waals surface area contributed by atoms with Gasteiger partial charge in [0.15, 0.2) is 5.16 Å². The van der Waals surface area contributed by atoms with Gasteiger partial charge in [0.05, 0.1) is 12.4 Å². The van der Waals surface area contributed by atoms with E-state index in [4.69, 9.17) is 11.1 Å². The topological polar surface area (TPSA) is 93.5 Å². The van der Waals surface area contributed by atoms with Crippen molar-refractivity contribution in [1.29, 1.82) is 5.41 Å². The molecule has 0 fully saturated rings. The third-order valence-corrected chi connectivity index (χ3v) is 2.87. The number of hydrogen-bond acceptors (Lipinski definition) is 5. The molecule has 0 aromatic carbocycles. The number of imidazole rings is 1. The average molecular weight is 234 g/mol. The monoisotopic (exact) mass is 234 g/mol. The average Bonchev–Trinajstić information content (AvgIpc) is 2.65. The molecule has 6 nitrogen and oxygen atoms in total. The van der Waals surface area contributed by atoms with Crippen LogP contribution >= 0.6 is 11.8 Å². The molecule has 0 saturated carbocycles. The first kappa shape index (κ1) is 10.6. The van der Waals surface area contributed by atoms with E-state index in [9.17, 15) is 0 Å². The fraction of sp³-hybridized carbons (Fsp3) is 0.111. The first-order valence-electron chi connectivity index (χ1n) is 4.48. The minimum absolute atomic E-state index is 0.0824. The van der Waals surface area contributed by atoms with Crippen molar-refractivity contribution in [2.24, 2.45) is 12.8 Å². The predicted molar refractivity (Wildman–Crippen MR) is 60.4 cm³/mol. The number of aromatic nitrogens is 4. The second-order valence-corrected chi connectivity index (χ2v) is 4.06. The molecule has 2 aromatic heterocycles. The number of hydrogen-bond donors (Lipinski definition) is 2. The van der Waals surface area contributed by atoms with E-state index < -0.39 is 0 Å². The molecule has 0 saturated heterocycles. The Hall–Kier alpha value is -1.89. The van der Waals surface area contributed by atoms with Crippen molar-refractivity contribution >= 4 is 17.6 Å². The molecule has 0 bridgehead atoms. The quantitative estimate of drug-likeness (QED) is 0.600. The molecule has 82 valence electrons. The van der Waals surface area contributed by atoms with E-state index in [0.717, 1.165) is 10.2 Å². The number of nitrogens with one attached hydrogen (secondary N) is 1. The first-order valence-corrected chi connectivity index (χ1v) is 5.30. The van der Waals surface area contributed by atoms with Gasteiger partial charge in [-0.25, -0.2) is 15.0 Å². The molecule has 0 aliphatic rings. The maximum Gasteiger partial charge on any atom is 0.174 e. The highest BCUT2D eigenvalue weighted by Crippen LogP contribution is 2.22.